The highest BCUT2D eigenvalue weighted by Gasteiger charge is 2.46. The molecule has 22 heavy (non-hydrogen) atoms. The van der Waals surface area contributed by atoms with Crippen LogP contribution in [0.2, 0.25) is 0 Å². The van der Waals surface area contributed by atoms with Crippen LogP contribution in [0.3, 0.4) is 0 Å². The smallest absolute Gasteiger partial charge is 0.223 e. The summed E-state index contributed by atoms with van der Waals surface area (Å²) in [5.74, 6) is 1.29. The van der Waals surface area contributed by atoms with Gasteiger partial charge in [0.15, 0.2) is 0 Å². The van der Waals surface area contributed by atoms with Crippen LogP contribution in [0.1, 0.15) is 52.4 Å². The van der Waals surface area contributed by atoms with Gasteiger partial charge < -0.3 is 4.90 Å². The molecule has 0 aromatic rings. The van der Waals surface area contributed by atoms with Crippen LogP contribution in [0.4, 0.5) is 0 Å². The Morgan fingerprint density at radius 2 is 1.91 bits per heavy atom. The molecule has 0 N–H and O–H groups in total. The molecule has 0 aromatic carbocycles. The quantitative estimate of drug-likeness (QED) is 0.774. The van der Waals surface area contributed by atoms with Crippen molar-refractivity contribution in [1.29, 1.82) is 0 Å². The van der Waals surface area contributed by atoms with Crippen LogP contribution in [-0.4, -0.2) is 54.5 Å². The topological polar surface area (TPSA) is 57.7 Å². The number of carbonyl (C=O) groups is 1. The van der Waals surface area contributed by atoms with E-state index in [0.29, 0.717) is 43.3 Å². The van der Waals surface area contributed by atoms with E-state index in [9.17, 15) is 13.2 Å². The summed E-state index contributed by atoms with van der Waals surface area (Å²) in [5.41, 5.74) is 0. The van der Waals surface area contributed by atoms with Gasteiger partial charge in [-0.15, -0.1) is 0 Å². The van der Waals surface area contributed by atoms with E-state index in [-0.39, 0.29) is 11.8 Å². The Morgan fingerprint density at radius 1 is 1.18 bits per heavy atom. The number of fused-ring (bicyclic) bond motifs is 1. The summed E-state index contributed by atoms with van der Waals surface area (Å²) in [7, 11) is -3.13. The van der Waals surface area contributed by atoms with E-state index < -0.39 is 10.0 Å². The summed E-state index contributed by atoms with van der Waals surface area (Å²) >= 11 is 0. The van der Waals surface area contributed by atoms with Crippen molar-refractivity contribution in [2.45, 2.75) is 64.5 Å². The van der Waals surface area contributed by atoms with Crippen molar-refractivity contribution in [2.24, 2.45) is 11.8 Å². The van der Waals surface area contributed by atoms with Crippen molar-refractivity contribution in [3.63, 3.8) is 0 Å². The fraction of sp³-hybridized carbons (Fsp3) is 0.938. The van der Waals surface area contributed by atoms with Crippen LogP contribution >= 0.6 is 0 Å². The molecule has 0 aromatic heterocycles. The maximum Gasteiger partial charge on any atom is 0.223 e. The highest BCUT2D eigenvalue weighted by atomic mass is 32.2. The van der Waals surface area contributed by atoms with Gasteiger partial charge in [0.2, 0.25) is 15.9 Å². The number of piperidine rings is 2. The average Bonchev–Trinajstić information content (AvgIpc) is 3.29. The van der Waals surface area contributed by atoms with Gasteiger partial charge in [0.1, 0.15) is 0 Å². The molecule has 6 heteroatoms. The number of amides is 1. The van der Waals surface area contributed by atoms with Crippen molar-refractivity contribution in [1.82, 2.24) is 9.21 Å². The number of nitrogens with zero attached hydrogens (tertiary/aromatic N) is 2. The Balaban J connectivity index is 1.65. The number of rotatable bonds is 5. The van der Waals surface area contributed by atoms with Gasteiger partial charge in [0.05, 0.1) is 5.75 Å². The van der Waals surface area contributed by atoms with Gasteiger partial charge >= 0.3 is 0 Å². The van der Waals surface area contributed by atoms with Crippen LogP contribution in [0, 0.1) is 11.8 Å². The lowest BCUT2D eigenvalue weighted by atomic mass is 9.84. The Morgan fingerprint density at radius 3 is 2.55 bits per heavy atom. The summed E-state index contributed by atoms with van der Waals surface area (Å²) in [6.45, 7) is 5.31. The molecule has 0 radical (unpaired) electrons. The number of likely N-dealkylation sites (tertiary alicyclic amines) is 1. The van der Waals surface area contributed by atoms with Gasteiger partial charge in [-0.25, -0.2) is 12.7 Å². The molecule has 5 nitrogen and oxygen atoms in total. The minimum absolute atomic E-state index is 0.257. The zero-order chi connectivity index (χ0) is 15.9. The van der Waals surface area contributed by atoms with Crippen molar-refractivity contribution in [2.75, 3.05) is 18.8 Å². The van der Waals surface area contributed by atoms with E-state index >= 15 is 0 Å². The van der Waals surface area contributed by atoms with Crippen molar-refractivity contribution in [3.05, 3.63) is 0 Å². The average molecular weight is 328 g/mol. The SMILES string of the molecule is CC(C)CCS(=O)(=O)N1CC[C@H]2[C@H](CCC(=O)N2C2CC2)C1. The standard InChI is InChI=1S/C16H28N2O3S/c1-12(2)8-10-22(20,21)17-9-7-15-13(11-17)3-6-16(19)18(15)14-4-5-14/h12-15H,3-11H2,1-2H3/t13-,15+/m1/s1. The summed E-state index contributed by atoms with van der Waals surface area (Å²) < 4.78 is 26.7. The Labute approximate surface area is 134 Å². The summed E-state index contributed by atoms with van der Waals surface area (Å²) in [6.07, 6.45) is 5.24. The molecule has 2 atom stereocenters. The number of hydrogen-bond acceptors (Lipinski definition) is 3. The van der Waals surface area contributed by atoms with Crippen molar-refractivity contribution < 1.29 is 13.2 Å². The van der Waals surface area contributed by atoms with E-state index in [1.165, 1.54) is 0 Å². The second-order valence-corrected chi connectivity index (χ2v) is 9.63. The Bertz CT molecular complexity index is 528. The normalized spacial score (nSPS) is 30.7. The molecule has 1 saturated carbocycles. The molecule has 3 rings (SSSR count). The molecule has 3 fully saturated rings. The molecule has 0 unspecified atom stereocenters. The van der Waals surface area contributed by atoms with Gasteiger partial charge in [0, 0.05) is 31.6 Å². The molecule has 1 aliphatic carbocycles. The summed E-state index contributed by atoms with van der Waals surface area (Å²) in [4.78, 5) is 14.3. The van der Waals surface area contributed by atoms with Gasteiger partial charge in [-0.1, -0.05) is 13.8 Å². The van der Waals surface area contributed by atoms with E-state index in [0.717, 1.165) is 32.1 Å². The number of sulfonamides is 1. The molecular formula is C16H28N2O3S. The molecule has 3 aliphatic rings. The lowest BCUT2D eigenvalue weighted by Crippen LogP contribution is -2.57. The predicted molar refractivity (Wildman–Crippen MR) is 85.8 cm³/mol. The van der Waals surface area contributed by atoms with Gasteiger partial charge in [-0.05, 0) is 43.9 Å². The third-order valence-corrected chi connectivity index (χ3v) is 7.19. The highest BCUT2D eigenvalue weighted by molar-refractivity contribution is 7.89. The lowest BCUT2D eigenvalue weighted by molar-refractivity contribution is -0.141. The first-order chi connectivity index (χ1) is 10.4. The minimum Gasteiger partial charge on any atom is -0.336 e. The predicted octanol–water partition coefficient (Wildman–Crippen LogP) is 1.84. The molecule has 2 saturated heterocycles. The van der Waals surface area contributed by atoms with E-state index in [4.69, 9.17) is 0 Å². The van der Waals surface area contributed by atoms with E-state index in [1.54, 1.807) is 4.31 Å². The largest absolute Gasteiger partial charge is 0.336 e. The van der Waals surface area contributed by atoms with Crippen LogP contribution in [0.5, 0.6) is 0 Å². The summed E-state index contributed by atoms with van der Waals surface area (Å²) in [5, 5.41) is 0. The lowest BCUT2D eigenvalue weighted by Gasteiger charge is -2.47. The van der Waals surface area contributed by atoms with Crippen molar-refractivity contribution in [3.8, 4) is 0 Å². The first-order valence-electron chi connectivity index (χ1n) is 8.67. The minimum atomic E-state index is -3.13. The maximum atomic E-state index is 12.5. The van der Waals surface area contributed by atoms with Gasteiger partial charge in [-0.3, -0.25) is 4.79 Å². The third kappa shape index (κ3) is 3.32. The number of hydrogen-bond donors (Lipinski definition) is 0. The molecule has 1 amide bonds. The maximum absolute atomic E-state index is 12.5. The second-order valence-electron chi connectivity index (χ2n) is 7.54. The van der Waals surface area contributed by atoms with Gasteiger partial charge in [-0.2, -0.15) is 0 Å². The third-order valence-electron chi connectivity index (χ3n) is 5.32. The molecule has 126 valence electrons. The summed E-state index contributed by atoms with van der Waals surface area (Å²) in [6, 6.07) is 0.731. The zero-order valence-electron chi connectivity index (χ0n) is 13.7. The Hall–Kier alpha value is -0.620. The van der Waals surface area contributed by atoms with Gasteiger partial charge in [0.25, 0.3) is 0 Å². The fourth-order valence-corrected chi connectivity index (χ4v) is 5.68. The van der Waals surface area contributed by atoms with E-state index in [1.807, 2.05) is 0 Å². The molecule has 0 bridgehead atoms. The van der Waals surface area contributed by atoms with Crippen LogP contribution < -0.4 is 0 Å². The zero-order valence-corrected chi connectivity index (χ0v) is 14.5. The molecule has 0 spiro atoms. The van der Waals surface area contributed by atoms with E-state index in [2.05, 4.69) is 18.7 Å². The molecular weight excluding hydrogens is 300 g/mol. The van der Waals surface area contributed by atoms with Crippen molar-refractivity contribution >= 4 is 15.9 Å². The molecule has 2 aliphatic heterocycles. The first-order valence-corrected chi connectivity index (χ1v) is 10.3. The Kier molecular flexibility index (Phi) is 4.52. The number of carbonyl (C=O) groups excluding carboxylic acids is 1. The van der Waals surface area contributed by atoms with Crippen LogP contribution in [0.15, 0.2) is 0 Å². The second kappa shape index (κ2) is 6.11. The first kappa shape index (κ1) is 16.2. The van der Waals surface area contributed by atoms with Crippen LogP contribution in [-0.2, 0) is 14.8 Å². The molecule has 2 heterocycles. The fourth-order valence-electron chi connectivity index (χ4n) is 3.85. The monoisotopic (exact) mass is 328 g/mol. The highest BCUT2D eigenvalue weighted by Crippen LogP contribution is 2.39. The van der Waals surface area contributed by atoms with Crippen LogP contribution in [0.25, 0.3) is 0 Å².